The summed E-state index contributed by atoms with van der Waals surface area (Å²) in [6, 6.07) is 9.09. The maximum atomic E-state index is 11.9. The zero-order valence-corrected chi connectivity index (χ0v) is 13.6. The van der Waals surface area contributed by atoms with Crippen molar-refractivity contribution in [3.63, 3.8) is 0 Å². The maximum absolute atomic E-state index is 11.9. The predicted molar refractivity (Wildman–Crippen MR) is 87.2 cm³/mol. The molecule has 6 nitrogen and oxygen atoms in total. The molecule has 1 aromatic carbocycles. The molecule has 1 saturated heterocycles. The number of benzene rings is 1. The van der Waals surface area contributed by atoms with Gasteiger partial charge in [-0.25, -0.2) is 13.4 Å². The first kappa shape index (κ1) is 15.7. The van der Waals surface area contributed by atoms with Crippen LogP contribution in [0.2, 0.25) is 0 Å². The monoisotopic (exact) mass is 334 g/mol. The molecule has 1 atom stereocenters. The lowest BCUT2D eigenvalue weighted by Gasteiger charge is -2.12. The first-order valence-corrected chi connectivity index (χ1v) is 9.24. The van der Waals surface area contributed by atoms with E-state index in [2.05, 4.69) is 10.3 Å². The second-order valence-corrected chi connectivity index (χ2v) is 7.97. The Hall–Kier alpha value is -2.15. The standard InChI is InChI=1S/C16H18N2O4S/c1-11-5-6-12-3-2-4-14(16(12)17-11)22-9-15(19)18-13-7-8-23(20,21)10-13/h2-6,13H,7-10H2,1H3,(H,18,19)/t13-/m1/s1. The van der Waals surface area contributed by atoms with Gasteiger partial charge in [0.25, 0.3) is 5.91 Å². The molecule has 1 aliphatic rings. The molecule has 7 heteroatoms. The van der Waals surface area contributed by atoms with Crippen LogP contribution in [0.3, 0.4) is 0 Å². The third-order valence-electron chi connectivity index (χ3n) is 3.78. The summed E-state index contributed by atoms with van der Waals surface area (Å²) in [5.41, 5.74) is 1.58. The first-order chi connectivity index (χ1) is 10.9. The molecule has 1 aromatic heterocycles. The summed E-state index contributed by atoms with van der Waals surface area (Å²) in [5, 5.41) is 3.64. The highest BCUT2D eigenvalue weighted by molar-refractivity contribution is 7.91. The van der Waals surface area contributed by atoms with Gasteiger partial charge in [0.2, 0.25) is 0 Å². The zero-order chi connectivity index (χ0) is 16.4. The van der Waals surface area contributed by atoms with Gasteiger partial charge in [0.1, 0.15) is 11.3 Å². The van der Waals surface area contributed by atoms with Gasteiger partial charge in [0.15, 0.2) is 16.4 Å². The van der Waals surface area contributed by atoms with E-state index in [0.717, 1.165) is 11.1 Å². The number of aryl methyl sites for hydroxylation is 1. The first-order valence-electron chi connectivity index (χ1n) is 7.42. The molecule has 2 heterocycles. The Bertz CT molecular complexity index is 848. The SMILES string of the molecule is Cc1ccc2cccc(OCC(=O)N[C@@H]3CCS(=O)(=O)C3)c2n1. The van der Waals surface area contributed by atoms with E-state index in [-0.39, 0.29) is 30.1 Å². The molecule has 0 spiro atoms. The van der Waals surface area contributed by atoms with Gasteiger partial charge >= 0.3 is 0 Å². The normalized spacial score (nSPS) is 19.6. The summed E-state index contributed by atoms with van der Waals surface area (Å²) in [5.74, 6) is 0.358. The number of hydrogen-bond donors (Lipinski definition) is 1. The molecule has 1 fully saturated rings. The number of aromatic nitrogens is 1. The number of rotatable bonds is 4. The van der Waals surface area contributed by atoms with Gasteiger partial charge in [-0.1, -0.05) is 18.2 Å². The number of nitrogens with zero attached hydrogens (tertiary/aromatic N) is 1. The molecule has 23 heavy (non-hydrogen) atoms. The topological polar surface area (TPSA) is 85.4 Å². The Labute approximate surface area is 134 Å². The average molecular weight is 334 g/mol. The lowest BCUT2D eigenvalue weighted by molar-refractivity contribution is -0.123. The van der Waals surface area contributed by atoms with Crippen LogP contribution in [0.4, 0.5) is 0 Å². The lowest BCUT2D eigenvalue weighted by atomic mass is 10.2. The molecule has 0 bridgehead atoms. The Kier molecular flexibility index (Phi) is 4.21. The van der Waals surface area contributed by atoms with Gasteiger partial charge < -0.3 is 10.1 Å². The third kappa shape index (κ3) is 3.79. The van der Waals surface area contributed by atoms with Crippen molar-refractivity contribution in [2.45, 2.75) is 19.4 Å². The van der Waals surface area contributed by atoms with Crippen molar-refractivity contribution >= 4 is 26.6 Å². The van der Waals surface area contributed by atoms with Crippen molar-refractivity contribution in [2.24, 2.45) is 0 Å². The van der Waals surface area contributed by atoms with Gasteiger partial charge in [0, 0.05) is 17.1 Å². The number of para-hydroxylation sites is 1. The van der Waals surface area contributed by atoms with Gasteiger partial charge in [-0.15, -0.1) is 0 Å². The van der Waals surface area contributed by atoms with Gasteiger partial charge in [-0.3, -0.25) is 4.79 Å². The van der Waals surface area contributed by atoms with E-state index < -0.39 is 9.84 Å². The maximum Gasteiger partial charge on any atom is 0.258 e. The number of sulfone groups is 1. The minimum absolute atomic E-state index is 0.00770. The number of pyridine rings is 1. The molecule has 1 aliphatic heterocycles. The quantitative estimate of drug-likeness (QED) is 0.909. The summed E-state index contributed by atoms with van der Waals surface area (Å²) in [6.07, 6.45) is 0.461. The van der Waals surface area contributed by atoms with Crippen molar-refractivity contribution in [1.82, 2.24) is 10.3 Å². The van der Waals surface area contributed by atoms with Crippen molar-refractivity contribution in [3.8, 4) is 5.75 Å². The number of nitrogens with one attached hydrogen (secondary N) is 1. The van der Waals surface area contributed by atoms with E-state index in [1.54, 1.807) is 6.07 Å². The van der Waals surface area contributed by atoms with Gasteiger partial charge in [-0.2, -0.15) is 0 Å². The van der Waals surface area contributed by atoms with E-state index in [1.807, 2.05) is 31.2 Å². The Morgan fingerprint density at radius 2 is 2.17 bits per heavy atom. The summed E-state index contributed by atoms with van der Waals surface area (Å²) >= 11 is 0. The highest BCUT2D eigenvalue weighted by atomic mass is 32.2. The van der Waals surface area contributed by atoms with Crippen LogP contribution in [0.1, 0.15) is 12.1 Å². The summed E-state index contributed by atoms with van der Waals surface area (Å²) in [6.45, 7) is 1.73. The van der Waals surface area contributed by atoms with Crippen LogP contribution in [0, 0.1) is 6.92 Å². The van der Waals surface area contributed by atoms with Crippen molar-refractivity contribution in [2.75, 3.05) is 18.1 Å². The highest BCUT2D eigenvalue weighted by Gasteiger charge is 2.28. The van der Waals surface area contributed by atoms with Crippen LogP contribution >= 0.6 is 0 Å². The molecule has 0 saturated carbocycles. The number of carbonyl (C=O) groups is 1. The van der Waals surface area contributed by atoms with Crippen molar-refractivity contribution in [1.29, 1.82) is 0 Å². The smallest absolute Gasteiger partial charge is 0.258 e. The van der Waals surface area contributed by atoms with E-state index in [1.165, 1.54) is 0 Å². The van der Waals surface area contributed by atoms with E-state index in [9.17, 15) is 13.2 Å². The number of hydrogen-bond acceptors (Lipinski definition) is 5. The van der Waals surface area contributed by atoms with Crippen molar-refractivity contribution < 1.29 is 17.9 Å². The largest absolute Gasteiger partial charge is 0.481 e. The fourth-order valence-electron chi connectivity index (χ4n) is 2.66. The molecular formula is C16H18N2O4S. The van der Waals surface area contributed by atoms with Crippen molar-refractivity contribution in [3.05, 3.63) is 36.0 Å². The average Bonchev–Trinajstić information content (AvgIpc) is 2.84. The molecule has 0 radical (unpaired) electrons. The Morgan fingerprint density at radius 3 is 2.91 bits per heavy atom. The Balaban J connectivity index is 1.64. The number of ether oxygens (including phenoxy) is 1. The predicted octanol–water partition coefficient (Wildman–Crippen LogP) is 1.23. The molecular weight excluding hydrogens is 316 g/mol. The summed E-state index contributed by atoms with van der Waals surface area (Å²) in [4.78, 5) is 16.4. The van der Waals surface area contributed by atoms with Crippen LogP contribution < -0.4 is 10.1 Å². The second kappa shape index (κ2) is 6.16. The molecule has 1 amide bonds. The molecule has 0 unspecified atom stereocenters. The van der Waals surface area contributed by atoms with Crippen LogP contribution in [-0.2, 0) is 14.6 Å². The summed E-state index contributed by atoms with van der Waals surface area (Å²) < 4.78 is 28.4. The van der Waals surface area contributed by atoms with Crippen LogP contribution in [0.5, 0.6) is 5.75 Å². The van der Waals surface area contributed by atoms with Crippen LogP contribution in [0.25, 0.3) is 10.9 Å². The Morgan fingerprint density at radius 1 is 1.35 bits per heavy atom. The number of fused-ring (bicyclic) bond motifs is 1. The molecule has 2 aromatic rings. The van der Waals surface area contributed by atoms with E-state index in [4.69, 9.17) is 4.74 Å². The number of amides is 1. The molecule has 3 rings (SSSR count). The third-order valence-corrected chi connectivity index (χ3v) is 5.55. The van der Waals surface area contributed by atoms with E-state index >= 15 is 0 Å². The van der Waals surface area contributed by atoms with Crippen LogP contribution in [-0.4, -0.2) is 43.5 Å². The molecule has 122 valence electrons. The second-order valence-electron chi connectivity index (χ2n) is 5.74. The minimum atomic E-state index is -3.01. The molecule has 0 aliphatic carbocycles. The van der Waals surface area contributed by atoms with Crippen LogP contribution in [0.15, 0.2) is 30.3 Å². The van der Waals surface area contributed by atoms with Gasteiger partial charge in [-0.05, 0) is 25.5 Å². The van der Waals surface area contributed by atoms with E-state index in [0.29, 0.717) is 17.7 Å². The highest BCUT2D eigenvalue weighted by Crippen LogP contribution is 2.23. The summed E-state index contributed by atoms with van der Waals surface area (Å²) in [7, 11) is -3.01. The lowest BCUT2D eigenvalue weighted by Crippen LogP contribution is -2.38. The minimum Gasteiger partial charge on any atom is -0.481 e. The number of carbonyl (C=O) groups excluding carboxylic acids is 1. The zero-order valence-electron chi connectivity index (χ0n) is 12.8. The fourth-order valence-corrected chi connectivity index (χ4v) is 4.33. The molecule has 1 N–H and O–H groups in total. The van der Waals surface area contributed by atoms with Gasteiger partial charge in [0.05, 0.1) is 11.5 Å². The fraction of sp³-hybridized carbons (Fsp3) is 0.375.